The summed E-state index contributed by atoms with van der Waals surface area (Å²) < 4.78 is 2.69. The molecule has 8 unspecified atom stereocenters. The van der Waals surface area contributed by atoms with Crippen LogP contribution in [0.5, 0.6) is 0 Å². The molecule has 3 aliphatic heterocycles. The van der Waals surface area contributed by atoms with Gasteiger partial charge in [0.15, 0.2) is 0 Å². The number of benzene rings is 1. The van der Waals surface area contributed by atoms with Crippen LogP contribution in [-0.4, -0.2) is 68.2 Å². The van der Waals surface area contributed by atoms with E-state index in [-0.39, 0.29) is 6.54 Å². The average molecular weight is 575 g/mol. The zero-order valence-corrected chi connectivity index (χ0v) is 26.2. The fraction of sp³-hybridized carbons (Fsp3) is 0.778. The highest BCUT2D eigenvalue weighted by atomic mass is 16.4. The Morgan fingerprint density at radius 1 is 0.881 bits per heavy atom. The van der Waals surface area contributed by atoms with Crippen LogP contribution in [0.15, 0.2) is 24.3 Å². The normalized spacial score (nSPS) is 38.2. The van der Waals surface area contributed by atoms with E-state index < -0.39 is 5.97 Å². The maximum Gasteiger partial charge on any atom is 0.317 e. The Labute approximate surface area is 253 Å². The number of nitrogens with zero attached hydrogens (tertiary/aromatic N) is 4. The largest absolute Gasteiger partial charge is 0.480 e. The SMILES string of the molecule is CC1CC(C)C2CC(n3c(CC4CCCN(CC(=O)O)C4)nc4ccccc43)CC(C1)N2C1CC2CCCCC(C2)C1. The van der Waals surface area contributed by atoms with Crippen LogP contribution in [0.25, 0.3) is 11.0 Å². The van der Waals surface area contributed by atoms with Crippen LogP contribution in [0.1, 0.15) is 109 Å². The highest BCUT2D eigenvalue weighted by Gasteiger charge is 2.47. The Hall–Kier alpha value is -1.92. The second-order valence-corrected chi connectivity index (χ2v) is 15.5. The summed E-state index contributed by atoms with van der Waals surface area (Å²) in [5, 5.41) is 9.41. The van der Waals surface area contributed by atoms with Gasteiger partial charge in [-0.2, -0.15) is 0 Å². The van der Waals surface area contributed by atoms with Crippen molar-refractivity contribution in [3.05, 3.63) is 30.1 Å². The molecule has 3 saturated heterocycles. The van der Waals surface area contributed by atoms with Crippen LogP contribution >= 0.6 is 0 Å². The third-order valence-corrected chi connectivity index (χ3v) is 12.2. The number of carboxylic acid groups (broad SMARTS) is 1. The molecular weight excluding hydrogens is 520 g/mol. The number of carboxylic acids is 1. The summed E-state index contributed by atoms with van der Waals surface area (Å²) in [4.78, 5) is 22.0. The van der Waals surface area contributed by atoms with Crippen molar-refractivity contribution in [3.8, 4) is 0 Å². The highest BCUT2D eigenvalue weighted by Crippen LogP contribution is 2.49. The smallest absolute Gasteiger partial charge is 0.317 e. The van der Waals surface area contributed by atoms with Crippen LogP contribution in [-0.2, 0) is 11.2 Å². The molecule has 42 heavy (non-hydrogen) atoms. The molecule has 2 aliphatic carbocycles. The Bertz CT molecular complexity index is 1230. The number of hydrogen-bond acceptors (Lipinski definition) is 4. The molecule has 0 radical (unpaired) electrons. The number of carbonyl (C=O) groups is 1. The zero-order chi connectivity index (χ0) is 28.8. The molecule has 8 atom stereocenters. The van der Waals surface area contributed by atoms with Gasteiger partial charge in [0.25, 0.3) is 0 Å². The van der Waals surface area contributed by atoms with Gasteiger partial charge in [-0.25, -0.2) is 4.98 Å². The number of hydrogen-bond donors (Lipinski definition) is 1. The molecule has 1 N–H and O–H groups in total. The minimum absolute atomic E-state index is 0.160. The first kappa shape index (κ1) is 28.8. The van der Waals surface area contributed by atoms with E-state index in [1.807, 2.05) is 0 Å². The van der Waals surface area contributed by atoms with Crippen molar-refractivity contribution in [2.24, 2.45) is 29.6 Å². The zero-order valence-electron chi connectivity index (χ0n) is 26.2. The molecule has 7 rings (SSSR count). The van der Waals surface area contributed by atoms with Gasteiger partial charge in [0.1, 0.15) is 5.82 Å². The Balaban J connectivity index is 1.18. The van der Waals surface area contributed by atoms with Crippen molar-refractivity contribution in [1.29, 1.82) is 0 Å². The van der Waals surface area contributed by atoms with Gasteiger partial charge < -0.3 is 9.67 Å². The molecular formula is C36H54N4O2. The van der Waals surface area contributed by atoms with Crippen molar-refractivity contribution in [2.45, 2.75) is 128 Å². The van der Waals surface area contributed by atoms with Crippen LogP contribution in [0.3, 0.4) is 0 Å². The predicted octanol–water partition coefficient (Wildman–Crippen LogP) is 7.17. The number of piperidine rings is 2. The van der Waals surface area contributed by atoms with Crippen molar-refractivity contribution in [1.82, 2.24) is 19.4 Å². The van der Waals surface area contributed by atoms with Crippen LogP contribution in [0.4, 0.5) is 0 Å². The van der Waals surface area contributed by atoms with E-state index in [1.165, 1.54) is 88.4 Å². The standard InChI is InChI=1S/C36H54N4O2/c1-24-14-25(2)34-21-31(20-29(15-24)39(34)30-17-26-8-3-4-9-27(16-26)18-30)40-33-12-6-5-11-32(33)37-35(40)19-28-10-7-13-38(22-28)23-36(41)42/h5-6,11-12,24-31,34H,3-4,7-10,13-23H2,1-2H3,(H,41,42). The third kappa shape index (κ3) is 5.92. The summed E-state index contributed by atoms with van der Waals surface area (Å²) >= 11 is 0. The lowest BCUT2D eigenvalue weighted by atomic mass is 9.74. The van der Waals surface area contributed by atoms with E-state index in [0.717, 1.165) is 61.2 Å². The Morgan fingerprint density at radius 3 is 2.43 bits per heavy atom. The average Bonchev–Trinajstić information content (AvgIpc) is 3.18. The lowest BCUT2D eigenvalue weighted by molar-refractivity contribution is -0.138. The molecule has 0 amide bonds. The second-order valence-electron chi connectivity index (χ2n) is 15.5. The molecule has 5 aliphatic rings. The summed E-state index contributed by atoms with van der Waals surface area (Å²) in [7, 11) is 0. The van der Waals surface area contributed by atoms with Crippen molar-refractivity contribution < 1.29 is 9.90 Å². The molecule has 6 nitrogen and oxygen atoms in total. The number of fused-ring (bicyclic) bond motifs is 5. The minimum Gasteiger partial charge on any atom is -0.480 e. The van der Waals surface area contributed by atoms with Gasteiger partial charge in [-0.1, -0.05) is 51.7 Å². The summed E-state index contributed by atoms with van der Waals surface area (Å²) in [5.41, 5.74) is 2.44. The number of para-hydroxylation sites is 2. The van der Waals surface area contributed by atoms with E-state index in [1.54, 1.807) is 0 Å². The van der Waals surface area contributed by atoms with Gasteiger partial charge in [-0.15, -0.1) is 0 Å². The number of imidazole rings is 1. The molecule has 4 heterocycles. The minimum atomic E-state index is -0.710. The van der Waals surface area contributed by atoms with E-state index in [9.17, 15) is 9.90 Å². The summed E-state index contributed by atoms with van der Waals surface area (Å²) in [6.45, 7) is 7.03. The fourth-order valence-electron chi connectivity index (χ4n) is 10.7. The van der Waals surface area contributed by atoms with Crippen molar-refractivity contribution in [3.63, 3.8) is 0 Å². The van der Waals surface area contributed by atoms with Crippen LogP contribution in [0, 0.1) is 29.6 Å². The van der Waals surface area contributed by atoms with Gasteiger partial charge in [0.05, 0.1) is 17.6 Å². The second kappa shape index (κ2) is 12.2. The first-order chi connectivity index (χ1) is 20.4. The maximum absolute atomic E-state index is 11.4. The fourth-order valence-corrected chi connectivity index (χ4v) is 10.7. The van der Waals surface area contributed by atoms with Gasteiger partial charge in [0, 0.05) is 37.1 Å². The maximum atomic E-state index is 11.4. The number of rotatable bonds is 6. The topological polar surface area (TPSA) is 61.6 Å². The highest BCUT2D eigenvalue weighted by molar-refractivity contribution is 5.76. The molecule has 0 spiro atoms. The molecule has 5 fully saturated rings. The molecule has 1 aromatic carbocycles. The summed E-state index contributed by atoms with van der Waals surface area (Å²) in [5.74, 6) is 4.46. The monoisotopic (exact) mass is 574 g/mol. The van der Waals surface area contributed by atoms with E-state index in [4.69, 9.17) is 4.98 Å². The summed E-state index contributed by atoms with van der Waals surface area (Å²) in [6.07, 6.45) is 18.7. The van der Waals surface area contributed by atoms with Gasteiger partial charge >= 0.3 is 5.97 Å². The van der Waals surface area contributed by atoms with Gasteiger partial charge in [-0.3, -0.25) is 14.6 Å². The molecule has 230 valence electrons. The molecule has 4 bridgehead atoms. The van der Waals surface area contributed by atoms with Crippen molar-refractivity contribution >= 4 is 17.0 Å². The number of aliphatic carboxylic acids is 1. The number of aromatic nitrogens is 2. The first-order valence-corrected chi connectivity index (χ1v) is 17.6. The van der Waals surface area contributed by atoms with Gasteiger partial charge in [0.2, 0.25) is 0 Å². The van der Waals surface area contributed by atoms with E-state index >= 15 is 0 Å². The summed E-state index contributed by atoms with van der Waals surface area (Å²) in [6, 6.07) is 11.4. The Kier molecular flexibility index (Phi) is 8.39. The van der Waals surface area contributed by atoms with E-state index in [2.05, 4.69) is 52.5 Å². The first-order valence-electron chi connectivity index (χ1n) is 17.6. The predicted molar refractivity (Wildman–Crippen MR) is 169 cm³/mol. The molecule has 1 aromatic heterocycles. The van der Waals surface area contributed by atoms with Crippen LogP contribution in [0.2, 0.25) is 0 Å². The molecule has 2 aromatic rings. The third-order valence-electron chi connectivity index (χ3n) is 12.2. The lowest BCUT2D eigenvalue weighted by Gasteiger charge is -2.52. The number of likely N-dealkylation sites (tertiary alicyclic amines) is 1. The molecule has 6 heteroatoms. The van der Waals surface area contributed by atoms with Crippen LogP contribution < -0.4 is 0 Å². The lowest BCUT2D eigenvalue weighted by Crippen LogP contribution is -2.57. The van der Waals surface area contributed by atoms with E-state index in [0.29, 0.717) is 24.0 Å². The Morgan fingerprint density at radius 2 is 1.64 bits per heavy atom. The quantitative estimate of drug-likeness (QED) is 0.396. The van der Waals surface area contributed by atoms with Gasteiger partial charge in [-0.05, 0) is 106 Å². The van der Waals surface area contributed by atoms with Crippen molar-refractivity contribution in [2.75, 3.05) is 19.6 Å². The molecule has 2 saturated carbocycles.